The average molecular weight is 264 g/mol. The molecule has 0 saturated heterocycles. The van der Waals surface area contributed by atoms with E-state index in [1.165, 1.54) is 31.6 Å². The lowest BCUT2D eigenvalue weighted by Crippen LogP contribution is -2.31. The number of rotatable bonds is 4. The Morgan fingerprint density at radius 2 is 2.32 bits per heavy atom. The molecule has 0 saturated carbocycles. The summed E-state index contributed by atoms with van der Waals surface area (Å²) < 4.78 is 11.2. The number of nitrogens with one attached hydrogen (secondary N) is 1. The van der Waals surface area contributed by atoms with Crippen molar-refractivity contribution in [3.05, 3.63) is 46.1 Å². The standard InChI is InChI=1S/C11H12N4O4/c1-18-9-2-3-10(16)15(14-9)6-8-7(4-5-19-8)11(17)13-12/h2-5H,6,12H2,1H3,(H,13,17). The summed E-state index contributed by atoms with van der Waals surface area (Å²) in [4.78, 5) is 23.1. The van der Waals surface area contributed by atoms with Crippen LogP contribution in [0, 0.1) is 0 Å². The second kappa shape index (κ2) is 5.36. The predicted octanol–water partition coefficient (Wildman–Crippen LogP) is -0.503. The number of hydrazine groups is 1. The number of carbonyl (C=O) groups excluding carboxylic acids is 1. The Hall–Kier alpha value is -2.61. The monoisotopic (exact) mass is 264 g/mol. The molecule has 0 bridgehead atoms. The van der Waals surface area contributed by atoms with E-state index in [1.807, 2.05) is 5.43 Å². The first-order chi connectivity index (χ1) is 9.15. The van der Waals surface area contributed by atoms with Crippen molar-refractivity contribution in [2.24, 2.45) is 5.84 Å². The number of hydrogen-bond acceptors (Lipinski definition) is 6. The maximum absolute atomic E-state index is 11.6. The highest BCUT2D eigenvalue weighted by molar-refractivity contribution is 5.94. The van der Waals surface area contributed by atoms with Crippen LogP contribution in [0.4, 0.5) is 0 Å². The van der Waals surface area contributed by atoms with E-state index in [9.17, 15) is 9.59 Å². The fourth-order valence-electron chi connectivity index (χ4n) is 1.53. The van der Waals surface area contributed by atoms with Gasteiger partial charge in [-0.2, -0.15) is 0 Å². The van der Waals surface area contributed by atoms with Gasteiger partial charge in [0.25, 0.3) is 11.5 Å². The van der Waals surface area contributed by atoms with E-state index in [0.717, 1.165) is 4.68 Å². The molecule has 0 aliphatic rings. The predicted molar refractivity (Wildman–Crippen MR) is 64.5 cm³/mol. The molecule has 0 aliphatic carbocycles. The molecule has 8 heteroatoms. The molecule has 2 heterocycles. The first kappa shape index (κ1) is 12.8. The molecule has 0 aliphatic heterocycles. The second-order valence-corrected chi connectivity index (χ2v) is 3.60. The van der Waals surface area contributed by atoms with Crippen LogP contribution in [-0.4, -0.2) is 22.8 Å². The molecule has 2 aromatic heterocycles. The molecular formula is C11H12N4O4. The van der Waals surface area contributed by atoms with E-state index in [2.05, 4.69) is 5.10 Å². The molecule has 3 N–H and O–H groups in total. The molecule has 0 spiro atoms. The van der Waals surface area contributed by atoms with Crippen molar-refractivity contribution in [3.63, 3.8) is 0 Å². The number of aromatic nitrogens is 2. The molecule has 1 amide bonds. The number of carbonyl (C=O) groups is 1. The van der Waals surface area contributed by atoms with E-state index in [1.54, 1.807) is 0 Å². The number of methoxy groups -OCH3 is 1. The molecule has 0 fully saturated rings. The zero-order valence-electron chi connectivity index (χ0n) is 10.1. The van der Waals surface area contributed by atoms with Crippen LogP contribution >= 0.6 is 0 Å². The van der Waals surface area contributed by atoms with E-state index < -0.39 is 5.91 Å². The molecule has 0 radical (unpaired) electrons. The molecule has 0 unspecified atom stereocenters. The number of furan rings is 1. The fraction of sp³-hybridized carbons (Fsp3) is 0.182. The Labute approximate surface area is 107 Å². The summed E-state index contributed by atoms with van der Waals surface area (Å²) in [6.45, 7) is 0.00574. The van der Waals surface area contributed by atoms with Crippen LogP contribution in [-0.2, 0) is 6.54 Å². The topological polar surface area (TPSA) is 112 Å². The van der Waals surface area contributed by atoms with Crippen molar-refractivity contribution in [3.8, 4) is 5.88 Å². The Morgan fingerprint density at radius 1 is 1.53 bits per heavy atom. The van der Waals surface area contributed by atoms with Gasteiger partial charge in [-0.25, -0.2) is 10.5 Å². The van der Waals surface area contributed by atoms with Gasteiger partial charge in [0.1, 0.15) is 12.3 Å². The third-order valence-corrected chi connectivity index (χ3v) is 2.47. The summed E-state index contributed by atoms with van der Waals surface area (Å²) in [7, 11) is 1.44. The third kappa shape index (κ3) is 2.63. The van der Waals surface area contributed by atoms with Gasteiger partial charge in [0.05, 0.1) is 18.9 Å². The molecular weight excluding hydrogens is 252 g/mol. The largest absolute Gasteiger partial charge is 0.480 e. The van der Waals surface area contributed by atoms with Crippen molar-refractivity contribution in [2.75, 3.05) is 7.11 Å². The van der Waals surface area contributed by atoms with Crippen molar-refractivity contribution in [1.82, 2.24) is 15.2 Å². The fourth-order valence-corrected chi connectivity index (χ4v) is 1.53. The lowest BCUT2D eigenvalue weighted by atomic mass is 10.2. The van der Waals surface area contributed by atoms with Gasteiger partial charge < -0.3 is 9.15 Å². The highest BCUT2D eigenvalue weighted by atomic mass is 16.5. The summed E-state index contributed by atoms with van der Waals surface area (Å²) in [6.07, 6.45) is 1.34. The Morgan fingerprint density at radius 3 is 3.00 bits per heavy atom. The van der Waals surface area contributed by atoms with Crippen molar-refractivity contribution in [2.45, 2.75) is 6.54 Å². The third-order valence-electron chi connectivity index (χ3n) is 2.47. The highest BCUT2D eigenvalue weighted by Gasteiger charge is 2.15. The Balaban J connectivity index is 2.34. The van der Waals surface area contributed by atoms with Gasteiger partial charge in [-0.1, -0.05) is 0 Å². The van der Waals surface area contributed by atoms with Crippen molar-refractivity contribution >= 4 is 5.91 Å². The van der Waals surface area contributed by atoms with E-state index in [4.69, 9.17) is 15.0 Å². The summed E-state index contributed by atoms with van der Waals surface area (Å²) in [6, 6.07) is 4.23. The van der Waals surface area contributed by atoms with Gasteiger partial charge in [0.15, 0.2) is 0 Å². The van der Waals surface area contributed by atoms with Gasteiger partial charge in [-0.05, 0) is 6.07 Å². The number of nitrogens with zero attached hydrogens (tertiary/aromatic N) is 2. The van der Waals surface area contributed by atoms with E-state index >= 15 is 0 Å². The molecule has 100 valence electrons. The molecule has 19 heavy (non-hydrogen) atoms. The van der Waals surface area contributed by atoms with Crippen LogP contribution in [0.3, 0.4) is 0 Å². The quantitative estimate of drug-likeness (QED) is 0.437. The van der Waals surface area contributed by atoms with Gasteiger partial charge in [-0.3, -0.25) is 15.0 Å². The second-order valence-electron chi connectivity index (χ2n) is 3.60. The average Bonchev–Trinajstić information content (AvgIpc) is 2.88. The highest BCUT2D eigenvalue weighted by Crippen LogP contribution is 2.11. The smallest absolute Gasteiger partial charge is 0.268 e. The molecule has 8 nitrogen and oxygen atoms in total. The van der Waals surface area contributed by atoms with E-state index in [0.29, 0.717) is 0 Å². The maximum atomic E-state index is 11.6. The van der Waals surface area contributed by atoms with Gasteiger partial charge in [0, 0.05) is 12.1 Å². The Bertz CT molecular complexity index is 646. The van der Waals surface area contributed by atoms with Gasteiger partial charge in [0.2, 0.25) is 5.88 Å². The number of ether oxygens (including phenoxy) is 1. The lowest BCUT2D eigenvalue weighted by molar-refractivity contribution is 0.0951. The van der Waals surface area contributed by atoms with Crippen LogP contribution < -0.4 is 21.6 Å². The minimum absolute atomic E-state index is 0.00574. The van der Waals surface area contributed by atoms with Gasteiger partial charge in [-0.15, -0.1) is 5.10 Å². The lowest BCUT2D eigenvalue weighted by Gasteiger charge is -2.05. The van der Waals surface area contributed by atoms with Crippen LogP contribution in [0.15, 0.2) is 33.7 Å². The van der Waals surface area contributed by atoms with Gasteiger partial charge >= 0.3 is 0 Å². The Kier molecular flexibility index (Phi) is 3.62. The summed E-state index contributed by atoms with van der Waals surface area (Å²) >= 11 is 0. The number of hydrogen-bond donors (Lipinski definition) is 2. The van der Waals surface area contributed by atoms with Crippen molar-refractivity contribution < 1.29 is 13.9 Å². The van der Waals surface area contributed by atoms with Crippen LogP contribution in [0.5, 0.6) is 5.88 Å². The van der Waals surface area contributed by atoms with Crippen LogP contribution in [0.1, 0.15) is 16.1 Å². The molecule has 0 aromatic carbocycles. The molecule has 2 rings (SSSR count). The first-order valence-electron chi connectivity index (χ1n) is 5.35. The SMILES string of the molecule is COc1ccc(=O)n(Cc2occc2C(=O)NN)n1. The van der Waals surface area contributed by atoms with E-state index in [-0.39, 0.29) is 29.3 Å². The zero-order chi connectivity index (χ0) is 13.8. The number of nitrogens with two attached hydrogens (primary N) is 1. The zero-order valence-corrected chi connectivity index (χ0v) is 10.1. The summed E-state index contributed by atoms with van der Waals surface area (Å²) in [5.74, 6) is 5.13. The summed E-state index contributed by atoms with van der Waals surface area (Å²) in [5, 5.41) is 3.95. The number of amides is 1. The minimum atomic E-state index is -0.500. The normalized spacial score (nSPS) is 10.2. The molecule has 0 atom stereocenters. The summed E-state index contributed by atoms with van der Waals surface area (Å²) in [5.41, 5.74) is 1.91. The number of nitrogen functional groups attached to an aromatic ring is 1. The maximum Gasteiger partial charge on any atom is 0.268 e. The minimum Gasteiger partial charge on any atom is -0.480 e. The van der Waals surface area contributed by atoms with Crippen LogP contribution in [0.25, 0.3) is 0 Å². The first-order valence-corrected chi connectivity index (χ1v) is 5.35. The van der Waals surface area contributed by atoms with Crippen molar-refractivity contribution in [1.29, 1.82) is 0 Å². The molecule has 2 aromatic rings. The van der Waals surface area contributed by atoms with Crippen LogP contribution in [0.2, 0.25) is 0 Å².